The van der Waals surface area contributed by atoms with Gasteiger partial charge in [0.15, 0.2) is 0 Å². The lowest BCUT2D eigenvalue weighted by Crippen LogP contribution is -2.01. The topological polar surface area (TPSA) is 15.8 Å². The Labute approximate surface area is 126 Å². The van der Waals surface area contributed by atoms with E-state index in [4.69, 9.17) is 23.2 Å². The molecule has 0 saturated carbocycles. The van der Waals surface area contributed by atoms with Gasteiger partial charge in [0.05, 0.1) is 5.38 Å². The van der Waals surface area contributed by atoms with Gasteiger partial charge in [-0.2, -0.15) is 0 Å². The average molecular weight is 308 g/mol. The molecule has 0 amide bonds. The number of rotatable bonds is 2. The number of H-pyrrole nitrogens is 1. The number of halogens is 3. The monoisotopic (exact) mass is 307 g/mol. The summed E-state index contributed by atoms with van der Waals surface area (Å²) in [5, 5.41) is 1.39. The second-order valence-corrected chi connectivity index (χ2v) is 5.67. The van der Waals surface area contributed by atoms with Crippen LogP contribution in [0, 0.1) is 5.82 Å². The molecule has 1 aliphatic rings. The molecule has 0 bridgehead atoms. The number of allylic oxidation sites excluding steroid dienone is 5. The fourth-order valence-electron chi connectivity index (χ4n) is 2.22. The molecule has 0 saturated heterocycles. The summed E-state index contributed by atoms with van der Waals surface area (Å²) in [5.41, 5.74) is 2.87. The van der Waals surface area contributed by atoms with Crippen molar-refractivity contribution >= 4 is 40.2 Å². The third-order valence-electron chi connectivity index (χ3n) is 3.30. The first-order chi connectivity index (χ1) is 9.63. The normalized spacial score (nSPS) is 19.4. The highest BCUT2D eigenvalue weighted by molar-refractivity contribution is 6.37. The second-order valence-electron chi connectivity index (χ2n) is 4.70. The zero-order valence-corrected chi connectivity index (χ0v) is 12.0. The summed E-state index contributed by atoms with van der Waals surface area (Å²) >= 11 is 12.0. The third kappa shape index (κ3) is 2.67. The van der Waals surface area contributed by atoms with Crippen LogP contribution in [0.2, 0.25) is 0 Å². The summed E-state index contributed by atoms with van der Waals surface area (Å²) in [6, 6.07) is 4.70. The Morgan fingerprint density at radius 3 is 2.95 bits per heavy atom. The van der Waals surface area contributed by atoms with Gasteiger partial charge in [-0.15, -0.1) is 11.6 Å². The Kier molecular flexibility index (Phi) is 3.68. The van der Waals surface area contributed by atoms with E-state index in [1.165, 1.54) is 12.1 Å². The Morgan fingerprint density at radius 2 is 2.15 bits per heavy atom. The standard InChI is InChI=1S/C16H12Cl2FN/c17-14-5-2-10(7-15(14)18)1-3-11-9-20-16-6-4-12(19)8-13(11)16/h1-4,6-9,14,20H,5H2/b3-1+. The van der Waals surface area contributed by atoms with Crippen LogP contribution < -0.4 is 0 Å². The Morgan fingerprint density at radius 1 is 1.30 bits per heavy atom. The van der Waals surface area contributed by atoms with Crippen LogP contribution in [0.1, 0.15) is 12.0 Å². The largest absolute Gasteiger partial charge is 0.361 e. The van der Waals surface area contributed by atoms with Gasteiger partial charge in [0, 0.05) is 22.1 Å². The molecule has 1 N–H and O–H groups in total. The molecule has 1 atom stereocenters. The van der Waals surface area contributed by atoms with Gasteiger partial charge in [-0.1, -0.05) is 29.8 Å². The molecular formula is C16H12Cl2FN. The van der Waals surface area contributed by atoms with Gasteiger partial charge in [0.25, 0.3) is 0 Å². The van der Waals surface area contributed by atoms with E-state index in [2.05, 4.69) is 4.98 Å². The fraction of sp³-hybridized carbons (Fsp3) is 0.125. The molecule has 0 radical (unpaired) electrons. The first-order valence-corrected chi connectivity index (χ1v) is 7.11. The highest BCUT2D eigenvalue weighted by atomic mass is 35.5. The van der Waals surface area contributed by atoms with Crippen molar-refractivity contribution in [3.8, 4) is 0 Å². The fourth-order valence-corrected chi connectivity index (χ4v) is 2.58. The lowest BCUT2D eigenvalue weighted by atomic mass is 10.0. The summed E-state index contributed by atoms with van der Waals surface area (Å²) < 4.78 is 13.3. The number of hydrogen-bond acceptors (Lipinski definition) is 0. The molecule has 1 heterocycles. The molecule has 1 aliphatic carbocycles. The molecule has 20 heavy (non-hydrogen) atoms. The van der Waals surface area contributed by atoms with Crippen LogP contribution in [0.4, 0.5) is 4.39 Å². The van der Waals surface area contributed by atoms with Gasteiger partial charge in [0.2, 0.25) is 0 Å². The van der Waals surface area contributed by atoms with Crippen molar-refractivity contribution < 1.29 is 4.39 Å². The molecule has 3 rings (SSSR count). The SMILES string of the molecule is Fc1ccc2[nH]cc(/C=C/C3=CCC(Cl)C(Cl)=C3)c2c1. The smallest absolute Gasteiger partial charge is 0.123 e. The highest BCUT2D eigenvalue weighted by Gasteiger charge is 2.12. The number of hydrogen-bond donors (Lipinski definition) is 1. The van der Waals surface area contributed by atoms with Crippen molar-refractivity contribution in [1.82, 2.24) is 4.98 Å². The van der Waals surface area contributed by atoms with E-state index in [9.17, 15) is 4.39 Å². The van der Waals surface area contributed by atoms with Crippen molar-refractivity contribution in [3.05, 3.63) is 64.6 Å². The van der Waals surface area contributed by atoms with Crippen LogP contribution in [0.3, 0.4) is 0 Å². The number of fused-ring (bicyclic) bond motifs is 1. The molecule has 2 aromatic rings. The zero-order valence-electron chi connectivity index (χ0n) is 10.5. The Hall–Kier alpha value is -1.51. The van der Waals surface area contributed by atoms with Crippen molar-refractivity contribution in [1.29, 1.82) is 0 Å². The minimum Gasteiger partial charge on any atom is -0.361 e. The van der Waals surface area contributed by atoms with Gasteiger partial charge in [0.1, 0.15) is 5.82 Å². The summed E-state index contributed by atoms with van der Waals surface area (Å²) in [6.45, 7) is 0. The number of alkyl halides is 1. The number of nitrogens with one attached hydrogen (secondary N) is 1. The molecule has 0 aliphatic heterocycles. The number of benzene rings is 1. The van der Waals surface area contributed by atoms with E-state index in [-0.39, 0.29) is 11.2 Å². The predicted octanol–water partition coefficient (Wildman–Crippen LogP) is 5.38. The van der Waals surface area contributed by atoms with Crippen LogP contribution in [0.15, 0.2) is 53.2 Å². The molecule has 1 nitrogen and oxygen atoms in total. The number of aromatic amines is 1. The first kappa shape index (κ1) is 13.5. The van der Waals surface area contributed by atoms with Gasteiger partial charge in [-0.3, -0.25) is 0 Å². The minimum atomic E-state index is -0.239. The van der Waals surface area contributed by atoms with Crippen molar-refractivity contribution in [3.63, 3.8) is 0 Å². The Balaban J connectivity index is 1.90. The van der Waals surface area contributed by atoms with Crippen LogP contribution in [-0.4, -0.2) is 10.4 Å². The maximum absolute atomic E-state index is 13.3. The molecule has 1 unspecified atom stereocenters. The molecule has 0 fully saturated rings. The lowest BCUT2D eigenvalue weighted by Gasteiger charge is -2.11. The molecule has 0 spiro atoms. The van der Waals surface area contributed by atoms with E-state index < -0.39 is 0 Å². The summed E-state index contributed by atoms with van der Waals surface area (Å²) in [4.78, 5) is 3.12. The van der Waals surface area contributed by atoms with Gasteiger partial charge < -0.3 is 4.98 Å². The van der Waals surface area contributed by atoms with Gasteiger partial charge in [-0.05, 0) is 41.8 Å². The van der Waals surface area contributed by atoms with Crippen LogP contribution in [0.25, 0.3) is 17.0 Å². The van der Waals surface area contributed by atoms with Crippen LogP contribution in [0.5, 0.6) is 0 Å². The molecule has 102 valence electrons. The van der Waals surface area contributed by atoms with Crippen molar-refractivity contribution in [2.45, 2.75) is 11.8 Å². The first-order valence-electron chi connectivity index (χ1n) is 6.29. The van der Waals surface area contributed by atoms with Crippen molar-refractivity contribution in [2.24, 2.45) is 0 Å². The Bertz CT molecular complexity index is 740. The summed E-state index contributed by atoms with van der Waals surface area (Å²) in [7, 11) is 0. The van der Waals surface area contributed by atoms with Crippen molar-refractivity contribution in [2.75, 3.05) is 0 Å². The van der Waals surface area contributed by atoms with Crippen LogP contribution >= 0.6 is 23.2 Å². The maximum Gasteiger partial charge on any atom is 0.123 e. The zero-order chi connectivity index (χ0) is 14.1. The van der Waals surface area contributed by atoms with Crippen LogP contribution in [-0.2, 0) is 0 Å². The van der Waals surface area contributed by atoms with Gasteiger partial charge >= 0.3 is 0 Å². The number of aromatic nitrogens is 1. The quantitative estimate of drug-likeness (QED) is 0.717. The summed E-state index contributed by atoms with van der Waals surface area (Å²) in [5.74, 6) is -0.239. The van der Waals surface area contributed by atoms with E-state index in [1.807, 2.05) is 30.5 Å². The maximum atomic E-state index is 13.3. The molecular weight excluding hydrogens is 296 g/mol. The average Bonchev–Trinajstić information content (AvgIpc) is 2.82. The van der Waals surface area contributed by atoms with E-state index >= 15 is 0 Å². The van der Waals surface area contributed by atoms with E-state index in [1.54, 1.807) is 6.07 Å². The third-order valence-corrected chi connectivity index (χ3v) is 4.19. The lowest BCUT2D eigenvalue weighted by molar-refractivity contribution is 0.629. The molecule has 1 aromatic heterocycles. The minimum absolute atomic E-state index is 0.129. The second kappa shape index (κ2) is 5.47. The predicted molar refractivity (Wildman–Crippen MR) is 83.6 cm³/mol. The highest BCUT2D eigenvalue weighted by Crippen LogP contribution is 2.27. The molecule has 1 aromatic carbocycles. The van der Waals surface area contributed by atoms with E-state index in [0.717, 1.165) is 28.5 Å². The van der Waals surface area contributed by atoms with Gasteiger partial charge in [-0.25, -0.2) is 4.39 Å². The summed E-state index contributed by atoms with van der Waals surface area (Å²) in [6.07, 6.45) is 10.4. The van der Waals surface area contributed by atoms with E-state index in [0.29, 0.717) is 5.03 Å². The molecule has 4 heteroatoms.